The summed E-state index contributed by atoms with van der Waals surface area (Å²) in [4.78, 5) is 39.1. The highest BCUT2D eigenvalue weighted by Crippen LogP contribution is 2.28. The fourth-order valence-electron chi connectivity index (χ4n) is 2.77. The molecule has 0 aliphatic heterocycles. The number of hydrogen-bond acceptors (Lipinski definition) is 7. The van der Waals surface area contributed by atoms with Crippen LogP contribution >= 0.6 is 11.3 Å². The summed E-state index contributed by atoms with van der Waals surface area (Å²) < 4.78 is 0.909. The number of nitriles is 1. The Bertz CT molecular complexity index is 1090. The van der Waals surface area contributed by atoms with E-state index in [0.29, 0.717) is 10.7 Å². The standard InChI is InChI=1S/C20H16N4O4S/c21-12-15(20-23-16-7-1-2-9-18(16)29-20)17(25)8-4-10-19(26)22-13-5-3-6-14(11-13)24(27)28/h1-3,5-7,9,11,15H,4,8,10H2,(H,22,26)/t15-/m0/s1. The molecule has 0 spiro atoms. The third kappa shape index (κ3) is 5.00. The molecule has 0 saturated heterocycles. The van der Waals surface area contributed by atoms with E-state index in [1.54, 1.807) is 6.07 Å². The van der Waals surface area contributed by atoms with E-state index in [1.165, 1.54) is 29.5 Å². The van der Waals surface area contributed by atoms with E-state index in [9.17, 15) is 25.0 Å². The van der Waals surface area contributed by atoms with Gasteiger partial charge in [0.15, 0.2) is 11.7 Å². The molecule has 29 heavy (non-hydrogen) atoms. The summed E-state index contributed by atoms with van der Waals surface area (Å²) in [5.74, 6) is -1.59. The summed E-state index contributed by atoms with van der Waals surface area (Å²) in [5, 5.41) is 23.2. The van der Waals surface area contributed by atoms with Crippen LogP contribution < -0.4 is 5.32 Å². The van der Waals surface area contributed by atoms with E-state index < -0.39 is 10.8 Å². The van der Waals surface area contributed by atoms with Gasteiger partial charge in [0.1, 0.15) is 5.01 Å². The van der Waals surface area contributed by atoms with E-state index in [1.807, 2.05) is 30.3 Å². The quantitative estimate of drug-likeness (QED) is 0.440. The van der Waals surface area contributed by atoms with Crippen LogP contribution in [-0.2, 0) is 9.59 Å². The maximum Gasteiger partial charge on any atom is 0.271 e. The molecule has 1 heterocycles. The first-order chi connectivity index (χ1) is 14.0. The van der Waals surface area contributed by atoms with Gasteiger partial charge >= 0.3 is 0 Å². The minimum atomic E-state index is -0.952. The van der Waals surface area contributed by atoms with Gasteiger partial charge in [0.25, 0.3) is 5.69 Å². The first-order valence-corrected chi connectivity index (χ1v) is 9.61. The molecule has 0 fully saturated rings. The number of thiazole rings is 1. The predicted octanol–water partition coefficient (Wildman–Crippen LogP) is 4.19. The molecule has 8 nitrogen and oxygen atoms in total. The Morgan fingerprint density at radius 2 is 2.00 bits per heavy atom. The van der Waals surface area contributed by atoms with Crippen molar-refractivity contribution in [3.05, 3.63) is 63.7 Å². The second-order valence-electron chi connectivity index (χ2n) is 6.26. The molecule has 0 saturated carbocycles. The number of anilines is 1. The van der Waals surface area contributed by atoms with Gasteiger partial charge < -0.3 is 5.32 Å². The molecular formula is C20H16N4O4S. The summed E-state index contributed by atoms with van der Waals surface area (Å²) >= 11 is 1.31. The van der Waals surface area contributed by atoms with E-state index in [2.05, 4.69) is 10.3 Å². The van der Waals surface area contributed by atoms with Gasteiger partial charge in [0, 0.05) is 30.7 Å². The van der Waals surface area contributed by atoms with Crippen molar-refractivity contribution in [2.24, 2.45) is 0 Å². The number of carbonyl (C=O) groups excluding carboxylic acids is 2. The number of non-ortho nitro benzene ring substituents is 1. The lowest BCUT2D eigenvalue weighted by atomic mass is 10.0. The van der Waals surface area contributed by atoms with Crippen LogP contribution in [0.4, 0.5) is 11.4 Å². The number of amides is 1. The van der Waals surface area contributed by atoms with Crippen molar-refractivity contribution in [1.82, 2.24) is 4.98 Å². The topological polar surface area (TPSA) is 126 Å². The number of nitrogens with zero attached hydrogens (tertiary/aromatic N) is 3. The third-order valence-electron chi connectivity index (χ3n) is 4.18. The third-order valence-corrected chi connectivity index (χ3v) is 5.28. The van der Waals surface area contributed by atoms with Gasteiger partial charge in [0.05, 0.1) is 21.2 Å². The van der Waals surface area contributed by atoms with Crippen molar-refractivity contribution in [2.75, 3.05) is 5.32 Å². The molecule has 0 radical (unpaired) electrons. The monoisotopic (exact) mass is 408 g/mol. The normalized spacial score (nSPS) is 11.6. The van der Waals surface area contributed by atoms with Crippen molar-refractivity contribution in [3.63, 3.8) is 0 Å². The van der Waals surface area contributed by atoms with Crippen LogP contribution in [0.3, 0.4) is 0 Å². The number of nitro benzene ring substituents is 1. The molecule has 9 heteroatoms. The van der Waals surface area contributed by atoms with Crippen molar-refractivity contribution in [3.8, 4) is 6.07 Å². The first-order valence-electron chi connectivity index (χ1n) is 8.80. The minimum Gasteiger partial charge on any atom is -0.326 e. The fourth-order valence-corrected chi connectivity index (χ4v) is 3.80. The van der Waals surface area contributed by atoms with E-state index in [-0.39, 0.29) is 36.6 Å². The van der Waals surface area contributed by atoms with Crippen molar-refractivity contribution < 1.29 is 14.5 Å². The van der Waals surface area contributed by atoms with Crippen LogP contribution in [0.2, 0.25) is 0 Å². The average molecular weight is 408 g/mol. The number of para-hydroxylation sites is 1. The van der Waals surface area contributed by atoms with Crippen molar-refractivity contribution >= 4 is 44.6 Å². The lowest BCUT2D eigenvalue weighted by molar-refractivity contribution is -0.384. The van der Waals surface area contributed by atoms with Crippen LogP contribution in [0.1, 0.15) is 30.2 Å². The molecule has 0 bridgehead atoms. The van der Waals surface area contributed by atoms with E-state index in [0.717, 1.165) is 10.2 Å². The number of ketones is 1. The molecular weight excluding hydrogens is 392 g/mol. The minimum absolute atomic E-state index is 0.0619. The van der Waals surface area contributed by atoms with Gasteiger partial charge in [-0.2, -0.15) is 5.26 Å². The Morgan fingerprint density at radius 1 is 1.21 bits per heavy atom. The van der Waals surface area contributed by atoms with E-state index in [4.69, 9.17) is 0 Å². The molecule has 0 unspecified atom stereocenters. The maximum absolute atomic E-state index is 12.4. The summed E-state index contributed by atoms with van der Waals surface area (Å²) in [6.45, 7) is 0. The maximum atomic E-state index is 12.4. The van der Waals surface area contributed by atoms with Crippen LogP contribution in [0.25, 0.3) is 10.2 Å². The van der Waals surface area contributed by atoms with Crippen molar-refractivity contribution in [2.45, 2.75) is 25.2 Å². The highest BCUT2D eigenvalue weighted by Gasteiger charge is 2.23. The Kier molecular flexibility index (Phi) is 6.26. The molecule has 0 aliphatic rings. The second kappa shape index (κ2) is 9.03. The number of aromatic nitrogens is 1. The Balaban J connectivity index is 1.54. The van der Waals surface area contributed by atoms with Gasteiger partial charge in [-0.05, 0) is 24.6 Å². The molecule has 1 amide bonds. The number of nitrogens with one attached hydrogen (secondary N) is 1. The molecule has 1 aromatic heterocycles. The zero-order valence-corrected chi connectivity index (χ0v) is 16.0. The number of Topliss-reactive ketones (excluding diaryl/α,β-unsaturated/α-hetero) is 1. The lowest BCUT2D eigenvalue weighted by Crippen LogP contribution is -2.14. The zero-order valence-electron chi connectivity index (χ0n) is 15.2. The highest BCUT2D eigenvalue weighted by atomic mass is 32.1. The summed E-state index contributed by atoms with van der Waals surface area (Å²) in [7, 11) is 0. The number of rotatable bonds is 8. The predicted molar refractivity (Wildman–Crippen MR) is 109 cm³/mol. The number of fused-ring (bicyclic) bond motifs is 1. The summed E-state index contributed by atoms with van der Waals surface area (Å²) in [6, 6.07) is 15.1. The van der Waals surface area contributed by atoms with Crippen LogP contribution in [0.15, 0.2) is 48.5 Å². The van der Waals surface area contributed by atoms with Gasteiger partial charge in [0.2, 0.25) is 5.91 Å². The number of benzene rings is 2. The van der Waals surface area contributed by atoms with Gasteiger partial charge in [-0.25, -0.2) is 4.98 Å². The Hall–Kier alpha value is -3.64. The molecule has 1 N–H and O–H groups in total. The molecule has 146 valence electrons. The molecule has 0 aliphatic carbocycles. The van der Waals surface area contributed by atoms with Crippen LogP contribution in [0, 0.1) is 21.4 Å². The largest absolute Gasteiger partial charge is 0.326 e. The van der Waals surface area contributed by atoms with Gasteiger partial charge in [-0.15, -0.1) is 11.3 Å². The zero-order chi connectivity index (χ0) is 20.8. The molecule has 2 aromatic carbocycles. The number of carbonyl (C=O) groups is 2. The van der Waals surface area contributed by atoms with Gasteiger partial charge in [-0.1, -0.05) is 18.2 Å². The average Bonchev–Trinajstić information content (AvgIpc) is 3.12. The first kappa shape index (κ1) is 20.1. The number of hydrogen-bond donors (Lipinski definition) is 1. The summed E-state index contributed by atoms with van der Waals surface area (Å²) in [5.41, 5.74) is 0.947. The molecule has 1 atom stereocenters. The van der Waals surface area contributed by atoms with Crippen molar-refractivity contribution in [1.29, 1.82) is 5.26 Å². The molecule has 3 aromatic rings. The SMILES string of the molecule is N#C[C@@H](C(=O)CCCC(=O)Nc1cccc([N+](=O)[O-])c1)c1nc2ccccc2s1. The number of nitro groups is 1. The van der Waals surface area contributed by atoms with Crippen LogP contribution in [-0.4, -0.2) is 21.6 Å². The fraction of sp³-hybridized carbons (Fsp3) is 0.200. The Morgan fingerprint density at radius 3 is 2.72 bits per heavy atom. The van der Waals surface area contributed by atoms with E-state index >= 15 is 0 Å². The second-order valence-corrected chi connectivity index (χ2v) is 7.32. The molecule has 3 rings (SSSR count). The van der Waals surface area contributed by atoms with Crippen LogP contribution in [0.5, 0.6) is 0 Å². The lowest BCUT2D eigenvalue weighted by Gasteiger charge is -2.06. The Labute approximate surface area is 170 Å². The highest BCUT2D eigenvalue weighted by molar-refractivity contribution is 7.18. The summed E-state index contributed by atoms with van der Waals surface area (Å²) in [6.07, 6.45) is 0.394. The smallest absolute Gasteiger partial charge is 0.271 e. The van der Waals surface area contributed by atoms with Gasteiger partial charge in [-0.3, -0.25) is 19.7 Å².